The molecule has 0 spiro atoms. The summed E-state index contributed by atoms with van der Waals surface area (Å²) in [4.78, 5) is 4.22. The Morgan fingerprint density at radius 1 is 1.13 bits per heavy atom. The lowest BCUT2D eigenvalue weighted by Gasteiger charge is -2.35. The molecule has 2 rings (SSSR count). The molecule has 0 N–H and O–H groups in total. The molecule has 0 saturated carbocycles. The molecule has 1 nitrogen and oxygen atoms in total. The summed E-state index contributed by atoms with van der Waals surface area (Å²) in [5, 5.41) is 0. The second kappa shape index (κ2) is 3.36. The number of rotatable bonds is 1. The molecule has 0 radical (unpaired) electrons. The summed E-state index contributed by atoms with van der Waals surface area (Å²) >= 11 is 0. The molecule has 0 atom stereocenters. The average Bonchev–Trinajstić information content (AvgIpc) is 2.38. The van der Waals surface area contributed by atoms with E-state index in [9.17, 15) is 0 Å². The zero-order valence-electron chi connectivity index (χ0n) is 10.2. The molecule has 2 heterocycles. The molecule has 1 aromatic rings. The van der Waals surface area contributed by atoms with E-state index >= 15 is 0 Å². The lowest BCUT2D eigenvalue weighted by Crippen LogP contribution is -2.27. The van der Waals surface area contributed by atoms with Gasteiger partial charge in [-0.3, -0.25) is 4.98 Å². The molecule has 1 fully saturated rings. The highest BCUT2D eigenvalue weighted by Crippen LogP contribution is 2.52. The minimum absolute atomic E-state index is 0.438. The van der Waals surface area contributed by atoms with Crippen molar-refractivity contribution in [3.05, 3.63) is 24.5 Å². The summed E-state index contributed by atoms with van der Waals surface area (Å²) in [6.07, 6.45) is 6.45. The number of hydrogen-bond acceptors (Lipinski definition) is 1. The van der Waals surface area contributed by atoms with Gasteiger partial charge in [0.2, 0.25) is 0 Å². The summed E-state index contributed by atoms with van der Waals surface area (Å²) < 4.78 is 0. The summed E-state index contributed by atoms with van der Waals surface area (Å²) in [6, 6.07) is 4.27. The molecule has 15 heavy (non-hydrogen) atoms. The third-order valence-corrected chi connectivity index (χ3v) is 4.50. The summed E-state index contributed by atoms with van der Waals surface area (Å²) in [6.45, 7) is 10.3. The van der Waals surface area contributed by atoms with Crippen LogP contribution in [0.5, 0.6) is 0 Å². The highest BCUT2D eigenvalue weighted by atomic mass is 14.6. The van der Waals surface area contributed by atoms with Crippen LogP contribution in [-0.2, 0) is 0 Å². The second-order valence-electron chi connectivity index (χ2n) is 6.16. The molecule has 0 unspecified atom stereocenters. The van der Waals surface area contributed by atoms with E-state index in [0.29, 0.717) is 17.5 Å². The van der Waals surface area contributed by atoms with Crippen molar-refractivity contribution in [2.24, 2.45) is 10.8 Å². The molecule has 1 saturated heterocycles. The molecule has 1 aromatic heterocycles. The Morgan fingerprint density at radius 2 is 1.73 bits per heavy atom. The van der Waals surface area contributed by atoms with E-state index in [2.05, 4.69) is 38.7 Å². The second-order valence-corrected chi connectivity index (χ2v) is 6.16. The Hall–Kier alpha value is -0.785. The van der Waals surface area contributed by atoms with Gasteiger partial charge in [-0.15, -0.1) is 0 Å². The maximum atomic E-state index is 4.22. The minimum Gasteiger partial charge on any atom is -0.265 e. The van der Waals surface area contributed by atoms with Gasteiger partial charge >= 0.3 is 0 Å². The quantitative estimate of drug-likeness (QED) is 0.636. The number of pyridine rings is 1. The van der Waals surface area contributed by atoms with E-state index in [1.807, 2.05) is 18.5 Å². The normalized spacial score (nSPS) is 23.1. The molecule has 1 aliphatic heterocycles. The van der Waals surface area contributed by atoms with Crippen molar-refractivity contribution in [1.29, 1.82) is 0 Å². The van der Waals surface area contributed by atoms with E-state index in [4.69, 9.17) is 0 Å². The van der Waals surface area contributed by atoms with Gasteiger partial charge in [-0.05, 0) is 16.9 Å². The topological polar surface area (TPSA) is 12.9 Å². The first-order valence-electron chi connectivity index (χ1n) is 5.82. The van der Waals surface area contributed by atoms with Gasteiger partial charge in [0.15, 0.2) is 6.71 Å². The van der Waals surface area contributed by atoms with E-state index in [-0.39, 0.29) is 0 Å². The van der Waals surface area contributed by atoms with Gasteiger partial charge in [0.25, 0.3) is 0 Å². The largest absolute Gasteiger partial charge is 0.265 e. The van der Waals surface area contributed by atoms with Crippen LogP contribution in [0.2, 0.25) is 12.6 Å². The third-order valence-electron chi connectivity index (χ3n) is 4.50. The Balaban J connectivity index is 2.24. The van der Waals surface area contributed by atoms with E-state index in [1.165, 1.54) is 18.1 Å². The fourth-order valence-corrected chi connectivity index (χ4v) is 2.71. The van der Waals surface area contributed by atoms with Crippen LogP contribution < -0.4 is 5.46 Å². The molecule has 0 bridgehead atoms. The standard InChI is InChI=1S/C13H20BN/c1-12(2)9-14(10-13(12,3)4)11-6-5-7-15-8-11/h5-8H,9-10H2,1-4H3. The monoisotopic (exact) mass is 201 g/mol. The van der Waals surface area contributed by atoms with Crippen LogP contribution in [0.4, 0.5) is 0 Å². The van der Waals surface area contributed by atoms with Gasteiger partial charge < -0.3 is 0 Å². The van der Waals surface area contributed by atoms with Crippen molar-refractivity contribution in [3.63, 3.8) is 0 Å². The van der Waals surface area contributed by atoms with Crippen molar-refractivity contribution in [1.82, 2.24) is 4.98 Å². The maximum Gasteiger partial charge on any atom is 0.179 e. The number of aromatic nitrogens is 1. The molecule has 0 amide bonds. The SMILES string of the molecule is CC1(C)CB(c2cccnc2)CC1(C)C. The van der Waals surface area contributed by atoms with Gasteiger partial charge in [-0.25, -0.2) is 0 Å². The van der Waals surface area contributed by atoms with Crippen LogP contribution >= 0.6 is 0 Å². The first-order valence-corrected chi connectivity index (χ1v) is 5.82. The smallest absolute Gasteiger partial charge is 0.179 e. The predicted molar refractivity (Wildman–Crippen MR) is 66.8 cm³/mol. The van der Waals surface area contributed by atoms with E-state index in [0.717, 1.165) is 0 Å². The van der Waals surface area contributed by atoms with Crippen LogP contribution in [0, 0.1) is 10.8 Å². The molecule has 80 valence electrons. The van der Waals surface area contributed by atoms with Gasteiger partial charge in [-0.2, -0.15) is 0 Å². The summed E-state index contributed by atoms with van der Waals surface area (Å²) in [5.74, 6) is 0. The van der Waals surface area contributed by atoms with Crippen molar-refractivity contribution >= 4 is 12.2 Å². The van der Waals surface area contributed by atoms with Gasteiger partial charge in [-0.1, -0.05) is 51.9 Å². The van der Waals surface area contributed by atoms with Crippen LogP contribution in [-0.4, -0.2) is 11.7 Å². The first kappa shape index (κ1) is 10.7. The Bertz CT molecular complexity index is 327. The van der Waals surface area contributed by atoms with E-state index < -0.39 is 0 Å². The van der Waals surface area contributed by atoms with Crippen molar-refractivity contribution in [2.45, 2.75) is 40.3 Å². The molecular formula is C13H20BN. The summed E-state index contributed by atoms with van der Waals surface area (Å²) in [7, 11) is 0. The predicted octanol–water partition coefficient (Wildman–Crippen LogP) is 2.85. The maximum absolute atomic E-state index is 4.22. The van der Waals surface area contributed by atoms with E-state index in [1.54, 1.807) is 0 Å². The van der Waals surface area contributed by atoms with Crippen LogP contribution in [0.1, 0.15) is 27.7 Å². The Labute approximate surface area is 93.4 Å². The zero-order valence-corrected chi connectivity index (χ0v) is 10.2. The van der Waals surface area contributed by atoms with Gasteiger partial charge in [0.1, 0.15) is 0 Å². The molecule has 0 aliphatic carbocycles. The minimum atomic E-state index is 0.438. The zero-order chi connectivity index (χ0) is 11.1. The van der Waals surface area contributed by atoms with Gasteiger partial charge in [0.05, 0.1) is 0 Å². The average molecular weight is 201 g/mol. The molecule has 1 aliphatic rings. The fourth-order valence-electron chi connectivity index (χ4n) is 2.71. The Morgan fingerprint density at radius 3 is 2.20 bits per heavy atom. The Kier molecular flexibility index (Phi) is 2.40. The lowest BCUT2D eigenvalue weighted by atomic mass is 9.42. The van der Waals surface area contributed by atoms with Gasteiger partial charge in [0, 0.05) is 12.4 Å². The van der Waals surface area contributed by atoms with Crippen LogP contribution in [0.15, 0.2) is 24.5 Å². The highest BCUT2D eigenvalue weighted by Gasteiger charge is 2.47. The first-order chi connectivity index (χ1) is 6.92. The van der Waals surface area contributed by atoms with Crippen molar-refractivity contribution in [3.8, 4) is 0 Å². The lowest BCUT2D eigenvalue weighted by molar-refractivity contribution is 0.177. The van der Waals surface area contributed by atoms with Crippen molar-refractivity contribution in [2.75, 3.05) is 0 Å². The molecular weight excluding hydrogens is 181 g/mol. The molecule has 2 heteroatoms. The van der Waals surface area contributed by atoms with Crippen LogP contribution in [0.25, 0.3) is 0 Å². The van der Waals surface area contributed by atoms with Crippen LogP contribution in [0.3, 0.4) is 0 Å². The molecule has 0 aromatic carbocycles. The highest BCUT2D eigenvalue weighted by molar-refractivity contribution is 6.74. The number of nitrogens with zero attached hydrogens (tertiary/aromatic N) is 1. The fraction of sp³-hybridized carbons (Fsp3) is 0.615. The summed E-state index contributed by atoms with van der Waals surface area (Å²) in [5.41, 5.74) is 2.29. The number of hydrogen-bond donors (Lipinski definition) is 0. The van der Waals surface area contributed by atoms with Crippen molar-refractivity contribution < 1.29 is 0 Å². The third kappa shape index (κ3) is 1.82.